The zero-order valence-electron chi connectivity index (χ0n) is 17.1. The molecule has 3 heterocycles. The van der Waals surface area contributed by atoms with Crippen LogP contribution in [0.15, 0.2) is 24.3 Å². The van der Waals surface area contributed by atoms with Gasteiger partial charge in [-0.15, -0.1) is 0 Å². The number of amides is 2. The SMILES string of the molecule is CC1CCCN(C(=O)C2CC(=O)N(c3ccc(N4CCN(C)CC4)cc3)C2)C1. The third-order valence-electron chi connectivity index (χ3n) is 6.47. The van der Waals surface area contributed by atoms with Gasteiger partial charge in [-0.25, -0.2) is 0 Å². The zero-order chi connectivity index (χ0) is 19.7. The molecular weight excluding hydrogens is 352 g/mol. The van der Waals surface area contributed by atoms with Gasteiger partial charge in [-0.3, -0.25) is 9.59 Å². The van der Waals surface area contributed by atoms with Crippen molar-refractivity contribution in [2.45, 2.75) is 26.2 Å². The molecule has 0 aromatic heterocycles. The van der Waals surface area contributed by atoms with Crippen molar-refractivity contribution in [1.82, 2.24) is 9.80 Å². The van der Waals surface area contributed by atoms with Gasteiger partial charge in [0, 0.05) is 63.6 Å². The smallest absolute Gasteiger partial charge is 0.228 e. The summed E-state index contributed by atoms with van der Waals surface area (Å²) in [5.41, 5.74) is 2.11. The number of carbonyl (C=O) groups excluding carboxylic acids is 2. The van der Waals surface area contributed by atoms with Gasteiger partial charge in [0.2, 0.25) is 11.8 Å². The summed E-state index contributed by atoms with van der Waals surface area (Å²) in [5.74, 6) is 0.593. The van der Waals surface area contributed by atoms with Gasteiger partial charge in [-0.05, 0) is 50.1 Å². The first-order valence-electron chi connectivity index (χ1n) is 10.6. The maximum Gasteiger partial charge on any atom is 0.228 e. The second-order valence-corrected chi connectivity index (χ2v) is 8.74. The molecule has 6 nitrogen and oxygen atoms in total. The van der Waals surface area contributed by atoms with Gasteiger partial charge in [0.05, 0.1) is 5.92 Å². The maximum atomic E-state index is 12.9. The number of likely N-dealkylation sites (tertiary alicyclic amines) is 1. The summed E-state index contributed by atoms with van der Waals surface area (Å²) in [4.78, 5) is 34.0. The lowest BCUT2D eigenvalue weighted by Crippen LogP contribution is -2.44. The van der Waals surface area contributed by atoms with E-state index < -0.39 is 0 Å². The number of anilines is 2. The molecule has 2 unspecified atom stereocenters. The number of hydrogen-bond donors (Lipinski definition) is 0. The molecule has 1 aromatic rings. The average Bonchev–Trinajstić information content (AvgIpc) is 3.10. The summed E-state index contributed by atoms with van der Waals surface area (Å²) in [5, 5.41) is 0. The van der Waals surface area contributed by atoms with E-state index in [-0.39, 0.29) is 17.7 Å². The molecule has 3 fully saturated rings. The van der Waals surface area contributed by atoms with Gasteiger partial charge < -0.3 is 19.6 Å². The van der Waals surface area contributed by atoms with Crippen molar-refractivity contribution in [1.29, 1.82) is 0 Å². The number of piperazine rings is 1. The summed E-state index contributed by atoms with van der Waals surface area (Å²) >= 11 is 0. The third-order valence-corrected chi connectivity index (χ3v) is 6.47. The molecular formula is C22H32N4O2. The van der Waals surface area contributed by atoms with Crippen LogP contribution in [0.5, 0.6) is 0 Å². The van der Waals surface area contributed by atoms with Gasteiger partial charge in [0.15, 0.2) is 0 Å². The quantitative estimate of drug-likeness (QED) is 0.800. The summed E-state index contributed by atoms with van der Waals surface area (Å²) < 4.78 is 0. The predicted molar refractivity (Wildman–Crippen MR) is 112 cm³/mol. The fraction of sp³-hybridized carbons (Fsp3) is 0.636. The van der Waals surface area contributed by atoms with Crippen LogP contribution in [0, 0.1) is 11.8 Å². The number of nitrogens with zero attached hydrogens (tertiary/aromatic N) is 4. The van der Waals surface area contributed by atoms with Crippen LogP contribution in [0.4, 0.5) is 11.4 Å². The molecule has 0 spiro atoms. The van der Waals surface area contributed by atoms with Crippen LogP contribution in [-0.2, 0) is 9.59 Å². The average molecular weight is 385 g/mol. The first-order chi connectivity index (χ1) is 13.5. The van der Waals surface area contributed by atoms with Crippen LogP contribution in [0.2, 0.25) is 0 Å². The molecule has 0 radical (unpaired) electrons. The van der Waals surface area contributed by atoms with E-state index in [1.807, 2.05) is 17.0 Å². The lowest BCUT2D eigenvalue weighted by atomic mass is 9.98. The molecule has 152 valence electrons. The van der Waals surface area contributed by atoms with Crippen LogP contribution in [0.3, 0.4) is 0 Å². The zero-order valence-corrected chi connectivity index (χ0v) is 17.1. The normalized spacial score (nSPS) is 26.8. The third kappa shape index (κ3) is 4.02. The number of piperidine rings is 1. The highest BCUT2D eigenvalue weighted by molar-refractivity contribution is 6.00. The van der Waals surface area contributed by atoms with Crippen molar-refractivity contribution >= 4 is 23.2 Å². The van der Waals surface area contributed by atoms with Crippen LogP contribution < -0.4 is 9.80 Å². The van der Waals surface area contributed by atoms with Crippen molar-refractivity contribution in [3.63, 3.8) is 0 Å². The molecule has 0 bridgehead atoms. The molecule has 2 atom stereocenters. The van der Waals surface area contributed by atoms with E-state index in [4.69, 9.17) is 0 Å². The van der Waals surface area contributed by atoms with Crippen LogP contribution >= 0.6 is 0 Å². The van der Waals surface area contributed by atoms with Gasteiger partial charge in [-0.1, -0.05) is 6.92 Å². The Morgan fingerprint density at radius 1 is 0.964 bits per heavy atom. The molecule has 1 aromatic carbocycles. The number of hydrogen-bond acceptors (Lipinski definition) is 4. The lowest BCUT2D eigenvalue weighted by Gasteiger charge is -2.34. The molecule has 3 aliphatic rings. The van der Waals surface area contributed by atoms with E-state index in [2.05, 4.69) is 35.9 Å². The maximum absolute atomic E-state index is 12.9. The minimum Gasteiger partial charge on any atom is -0.369 e. The highest BCUT2D eigenvalue weighted by Crippen LogP contribution is 2.29. The molecule has 0 N–H and O–H groups in total. The van der Waals surface area contributed by atoms with Crippen LogP contribution in [0.1, 0.15) is 26.2 Å². The van der Waals surface area contributed by atoms with Gasteiger partial charge in [-0.2, -0.15) is 0 Å². The van der Waals surface area contributed by atoms with E-state index in [9.17, 15) is 9.59 Å². The molecule has 4 rings (SSSR count). The Morgan fingerprint density at radius 3 is 2.32 bits per heavy atom. The largest absolute Gasteiger partial charge is 0.369 e. The Balaban J connectivity index is 1.39. The van der Waals surface area contributed by atoms with Crippen molar-refractivity contribution in [2.75, 3.05) is 62.7 Å². The molecule has 0 saturated carbocycles. The molecule has 0 aliphatic carbocycles. The molecule has 6 heteroatoms. The van der Waals surface area contributed by atoms with Crippen molar-refractivity contribution in [3.05, 3.63) is 24.3 Å². The Labute approximate surface area is 168 Å². The Bertz CT molecular complexity index is 712. The Hall–Kier alpha value is -2.08. The van der Waals surface area contributed by atoms with Gasteiger partial charge in [0.25, 0.3) is 0 Å². The van der Waals surface area contributed by atoms with Crippen LogP contribution in [0.25, 0.3) is 0 Å². The highest BCUT2D eigenvalue weighted by Gasteiger charge is 2.38. The minimum atomic E-state index is -0.199. The van der Waals surface area contributed by atoms with E-state index in [1.165, 1.54) is 12.1 Å². The standard InChI is InChI=1S/C22H32N4O2/c1-17-4-3-9-25(15-17)22(28)18-14-21(27)26(16-18)20-7-5-19(6-8-20)24-12-10-23(2)11-13-24/h5-8,17-18H,3-4,9-16H2,1-2H3. The van der Waals surface area contributed by atoms with Gasteiger partial charge in [0.1, 0.15) is 0 Å². The Morgan fingerprint density at radius 2 is 1.64 bits per heavy atom. The summed E-state index contributed by atoms with van der Waals surface area (Å²) in [7, 11) is 2.15. The molecule has 28 heavy (non-hydrogen) atoms. The fourth-order valence-electron chi connectivity index (χ4n) is 4.68. The first kappa shape index (κ1) is 19.2. The van der Waals surface area contributed by atoms with E-state index in [0.29, 0.717) is 18.9 Å². The highest BCUT2D eigenvalue weighted by atomic mass is 16.2. The first-order valence-corrected chi connectivity index (χ1v) is 10.6. The fourth-order valence-corrected chi connectivity index (χ4v) is 4.68. The van der Waals surface area contributed by atoms with Crippen molar-refractivity contribution in [2.24, 2.45) is 11.8 Å². The van der Waals surface area contributed by atoms with Gasteiger partial charge >= 0.3 is 0 Å². The molecule has 3 aliphatic heterocycles. The lowest BCUT2D eigenvalue weighted by molar-refractivity contribution is -0.137. The second-order valence-electron chi connectivity index (χ2n) is 8.74. The predicted octanol–water partition coefficient (Wildman–Crippen LogP) is 2.05. The second kappa shape index (κ2) is 8.11. The number of likely N-dealkylation sites (N-methyl/N-ethyl adjacent to an activating group) is 1. The monoisotopic (exact) mass is 384 g/mol. The van der Waals surface area contributed by atoms with Crippen molar-refractivity contribution < 1.29 is 9.59 Å². The topological polar surface area (TPSA) is 47.1 Å². The number of rotatable bonds is 3. The molecule has 3 saturated heterocycles. The number of benzene rings is 1. The summed E-state index contributed by atoms with van der Waals surface area (Å²) in [6, 6.07) is 8.27. The summed E-state index contributed by atoms with van der Waals surface area (Å²) in [6.45, 7) is 8.60. The summed E-state index contributed by atoms with van der Waals surface area (Å²) in [6.07, 6.45) is 2.61. The van der Waals surface area contributed by atoms with Crippen LogP contribution in [-0.4, -0.2) is 74.5 Å². The van der Waals surface area contributed by atoms with E-state index in [1.54, 1.807) is 4.90 Å². The Kier molecular flexibility index (Phi) is 5.58. The van der Waals surface area contributed by atoms with E-state index in [0.717, 1.165) is 51.4 Å². The number of carbonyl (C=O) groups is 2. The van der Waals surface area contributed by atoms with E-state index >= 15 is 0 Å². The van der Waals surface area contributed by atoms with Crippen molar-refractivity contribution in [3.8, 4) is 0 Å². The molecule has 2 amide bonds. The minimum absolute atomic E-state index is 0.0655.